The second-order valence-corrected chi connectivity index (χ2v) is 4.89. The van der Waals surface area contributed by atoms with E-state index in [0.29, 0.717) is 10.6 Å². The summed E-state index contributed by atoms with van der Waals surface area (Å²) in [4.78, 5) is 15.8. The monoisotopic (exact) mass is 319 g/mol. The van der Waals surface area contributed by atoms with Gasteiger partial charge in [-0.1, -0.05) is 29.8 Å². The maximum atomic E-state index is 13.2. The Morgan fingerprint density at radius 2 is 1.86 bits per heavy atom. The standard InChI is InChI=1S/C16H8ClF2NO2/c17-11-4-2-1-3-9(11)8-14-16(21)22-15(20-14)10-5-6-12(18)13(19)7-10/h1-8H/b14-8-. The molecule has 1 aliphatic rings. The number of carbonyl (C=O) groups is 1. The van der Waals surface area contributed by atoms with Crippen LogP contribution in [0.25, 0.3) is 6.08 Å². The van der Waals surface area contributed by atoms with E-state index in [-0.39, 0.29) is 17.2 Å². The van der Waals surface area contributed by atoms with Crippen LogP contribution < -0.4 is 0 Å². The Morgan fingerprint density at radius 3 is 2.59 bits per heavy atom. The van der Waals surface area contributed by atoms with E-state index < -0.39 is 17.6 Å². The molecule has 6 heteroatoms. The van der Waals surface area contributed by atoms with E-state index in [1.165, 1.54) is 12.1 Å². The predicted octanol–water partition coefficient (Wildman–Crippen LogP) is 3.96. The van der Waals surface area contributed by atoms with Crippen molar-refractivity contribution in [3.05, 3.63) is 75.9 Å². The van der Waals surface area contributed by atoms with E-state index in [9.17, 15) is 13.6 Å². The van der Waals surface area contributed by atoms with Gasteiger partial charge in [-0.15, -0.1) is 0 Å². The molecule has 110 valence electrons. The third-order valence-electron chi connectivity index (χ3n) is 2.98. The zero-order valence-corrected chi connectivity index (χ0v) is 11.8. The summed E-state index contributed by atoms with van der Waals surface area (Å²) in [6.45, 7) is 0. The van der Waals surface area contributed by atoms with Gasteiger partial charge in [-0.2, -0.15) is 0 Å². The summed E-state index contributed by atoms with van der Waals surface area (Å²) >= 11 is 6.01. The number of carbonyl (C=O) groups excluding carboxylic acids is 1. The lowest BCUT2D eigenvalue weighted by molar-refractivity contribution is -0.129. The van der Waals surface area contributed by atoms with Gasteiger partial charge in [0.2, 0.25) is 5.90 Å². The largest absolute Gasteiger partial charge is 0.402 e. The minimum atomic E-state index is -1.04. The first-order valence-electron chi connectivity index (χ1n) is 6.27. The van der Waals surface area contributed by atoms with Crippen molar-refractivity contribution in [3.8, 4) is 0 Å². The molecule has 1 aliphatic heterocycles. The van der Waals surface area contributed by atoms with Crippen molar-refractivity contribution >= 4 is 29.5 Å². The van der Waals surface area contributed by atoms with Crippen molar-refractivity contribution in [1.82, 2.24) is 0 Å². The number of halogens is 3. The molecule has 0 saturated carbocycles. The lowest BCUT2D eigenvalue weighted by atomic mass is 10.2. The van der Waals surface area contributed by atoms with Crippen LogP contribution in [0.4, 0.5) is 8.78 Å². The molecule has 0 atom stereocenters. The van der Waals surface area contributed by atoms with E-state index in [1.807, 2.05) is 0 Å². The second-order valence-electron chi connectivity index (χ2n) is 4.49. The Bertz CT molecular complexity index is 831. The van der Waals surface area contributed by atoms with Crippen molar-refractivity contribution in [2.24, 2.45) is 4.99 Å². The first-order valence-corrected chi connectivity index (χ1v) is 6.65. The lowest BCUT2D eigenvalue weighted by Crippen LogP contribution is -2.06. The Hall–Kier alpha value is -2.53. The van der Waals surface area contributed by atoms with Gasteiger partial charge in [0.25, 0.3) is 0 Å². The molecule has 1 heterocycles. The van der Waals surface area contributed by atoms with Crippen LogP contribution in [0, 0.1) is 11.6 Å². The number of nitrogens with zero attached hydrogens (tertiary/aromatic N) is 1. The maximum Gasteiger partial charge on any atom is 0.363 e. The summed E-state index contributed by atoms with van der Waals surface area (Å²) in [7, 11) is 0. The van der Waals surface area contributed by atoms with Gasteiger partial charge in [0, 0.05) is 10.6 Å². The Balaban J connectivity index is 1.98. The molecule has 2 aromatic rings. The van der Waals surface area contributed by atoms with E-state index in [2.05, 4.69) is 4.99 Å². The molecule has 0 bridgehead atoms. The summed E-state index contributed by atoms with van der Waals surface area (Å²) < 4.78 is 31.1. The Labute approximate surface area is 129 Å². The van der Waals surface area contributed by atoms with Crippen molar-refractivity contribution < 1.29 is 18.3 Å². The SMILES string of the molecule is O=C1OC(c2ccc(F)c(F)c2)=N/C1=C\c1ccccc1Cl. The smallest absolute Gasteiger partial charge is 0.363 e. The molecule has 0 aliphatic carbocycles. The Kier molecular flexibility index (Phi) is 3.73. The highest BCUT2D eigenvalue weighted by molar-refractivity contribution is 6.32. The molecular weight excluding hydrogens is 312 g/mol. The zero-order chi connectivity index (χ0) is 15.7. The third kappa shape index (κ3) is 2.76. The lowest BCUT2D eigenvalue weighted by Gasteiger charge is -1.99. The summed E-state index contributed by atoms with van der Waals surface area (Å²) in [5.74, 6) is -2.79. The fourth-order valence-corrected chi connectivity index (χ4v) is 2.09. The average Bonchev–Trinajstić information content (AvgIpc) is 2.85. The second kappa shape index (κ2) is 5.69. The van der Waals surface area contributed by atoms with E-state index in [0.717, 1.165) is 12.1 Å². The van der Waals surface area contributed by atoms with Crippen LogP contribution in [0.2, 0.25) is 5.02 Å². The van der Waals surface area contributed by atoms with Crippen LogP contribution in [0.1, 0.15) is 11.1 Å². The first kappa shape index (κ1) is 14.4. The molecule has 3 rings (SSSR count). The highest BCUT2D eigenvalue weighted by atomic mass is 35.5. The van der Waals surface area contributed by atoms with Crippen LogP contribution >= 0.6 is 11.6 Å². The summed E-state index contributed by atoms with van der Waals surface area (Å²) in [6, 6.07) is 10.0. The molecule has 0 amide bonds. The predicted molar refractivity (Wildman–Crippen MR) is 78.4 cm³/mol. The van der Waals surface area contributed by atoms with Crippen molar-refractivity contribution in [1.29, 1.82) is 0 Å². The normalized spacial score (nSPS) is 15.9. The Morgan fingerprint density at radius 1 is 1.09 bits per heavy atom. The van der Waals surface area contributed by atoms with Gasteiger partial charge in [-0.05, 0) is 35.9 Å². The van der Waals surface area contributed by atoms with Gasteiger partial charge >= 0.3 is 5.97 Å². The summed E-state index contributed by atoms with van der Waals surface area (Å²) in [5, 5.41) is 0.458. The van der Waals surface area contributed by atoms with Crippen LogP contribution in [0.15, 0.2) is 53.2 Å². The molecule has 0 spiro atoms. The number of esters is 1. The fraction of sp³-hybridized carbons (Fsp3) is 0. The molecule has 0 saturated heterocycles. The molecule has 3 nitrogen and oxygen atoms in total. The number of hydrogen-bond donors (Lipinski definition) is 0. The molecule has 0 radical (unpaired) electrons. The molecule has 0 aromatic heterocycles. The summed E-state index contributed by atoms with van der Waals surface area (Å²) in [5.41, 5.74) is 0.814. The molecular formula is C16H8ClF2NO2. The highest BCUT2D eigenvalue weighted by Crippen LogP contribution is 2.23. The zero-order valence-electron chi connectivity index (χ0n) is 11.0. The third-order valence-corrected chi connectivity index (χ3v) is 3.33. The molecule has 2 aromatic carbocycles. The van der Waals surface area contributed by atoms with Crippen molar-refractivity contribution in [2.45, 2.75) is 0 Å². The number of aliphatic imine (C=N–C) groups is 1. The summed E-state index contributed by atoms with van der Waals surface area (Å²) in [6.07, 6.45) is 1.47. The van der Waals surface area contributed by atoms with Crippen LogP contribution in [-0.2, 0) is 9.53 Å². The highest BCUT2D eigenvalue weighted by Gasteiger charge is 2.25. The van der Waals surface area contributed by atoms with Gasteiger partial charge in [-0.3, -0.25) is 0 Å². The van der Waals surface area contributed by atoms with Gasteiger partial charge in [0.1, 0.15) is 0 Å². The minimum Gasteiger partial charge on any atom is -0.402 e. The molecule has 0 unspecified atom stereocenters. The average molecular weight is 320 g/mol. The van der Waals surface area contributed by atoms with Gasteiger partial charge in [0.15, 0.2) is 17.3 Å². The number of hydrogen-bond acceptors (Lipinski definition) is 3. The molecule has 0 fully saturated rings. The minimum absolute atomic E-state index is 0.0350. The van der Waals surface area contributed by atoms with Crippen LogP contribution in [0.3, 0.4) is 0 Å². The van der Waals surface area contributed by atoms with Crippen molar-refractivity contribution in [2.75, 3.05) is 0 Å². The van der Waals surface area contributed by atoms with E-state index in [1.54, 1.807) is 24.3 Å². The van der Waals surface area contributed by atoms with E-state index >= 15 is 0 Å². The molecule has 22 heavy (non-hydrogen) atoms. The molecule has 0 N–H and O–H groups in total. The van der Waals surface area contributed by atoms with Gasteiger partial charge in [-0.25, -0.2) is 18.6 Å². The number of ether oxygens (including phenoxy) is 1. The fourth-order valence-electron chi connectivity index (χ4n) is 1.90. The van der Waals surface area contributed by atoms with Gasteiger partial charge in [0.05, 0.1) is 0 Å². The van der Waals surface area contributed by atoms with Crippen LogP contribution in [0.5, 0.6) is 0 Å². The topological polar surface area (TPSA) is 38.7 Å². The maximum absolute atomic E-state index is 13.2. The van der Waals surface area contributed by atoms with E-state index in [4.69, 9.17) is 16.3 Å². The number of cyclic esters (lactones) is 1. The quantitative estimate of drug-likeness (QED) is 0.620. The van der Waals surface area contributed by atoms with Crippen LogP contribution in [-0.4, -0.2) is 11.9 Å². The van der Waals surface area contributed by atoms with Crippen molar-refractivity contribution in [3.63, 3.8) is 0 Å². The van der Waals surface area contributed by atoms with Gasteiger partial charge < -0.3 is 4.74 Å². The number of rotatable bonds is 2. The number of benzene rings is 2. The first-order chi connectivity index (χ1) is 10.5.